The van der Waals surface area contributed by atoms with Crippen molar-refractivity contribution >= 4 is 35.0 Å². The molecule has 144 valence electrons. The second-order valence-electron chi connectivity index (χ2n) is 7.21. The average molecular weight is 407 g/mol. The van der Waals surface area contributed by atoms with Crippen LogP contribution in [0.15, 0.2) is 34.6 Å². The minimum absolute atomic E-state index is 0.108. The van der Waals surface area contributed by atoms with E-state index < -0.39 is 0 Å². The van der Waals surface area contributed by atoms with Crippen molar-refractivity contribution < 1.29 is 4.74 Å². The van der Waals surface area contributed by atoms with E-state index >= 15 is 0 Å². The molecule has 2 aliphatic heterocycles. The van der Waals surface area contributed by atoms with Gasteiger partial charge in [0.1, 0.15) is 16.7 Å². The normalized spacial score (nSPS) is 24.5. The van der Waals surface area contributed by atoms with Crippen LogP contribution in [-0.2, 0) is 4.74 Å². The van der Waals surface area contributed by atoms with Crippen molar-refractivity contribution in [2.24, 2.45) is 11.1 Å². The molecule has 2 aromatic rings. The zero-order valence-corrected chi connectivity index (χ0v) is 16.7. The molecule has 0 amide bonds. The Hall–Kier alpha value is -1.61. The first-order valence-corrected chi connectivity index (χ1v) is 10.2. The number of nitrogen functional groups attached to an aromatic ring is 1. The number of pyridine rings is 1. The first-order chi connectivity index (χ1) is 13.0. The van der Waals surface area contributed by atoms with E-state index in [4.69, 9.17) is 27.8 Å². The van der Waals surface area contributed by atoms with E-state index in [-0.39, 0.29) is 17.6 Å². The molecule has 0 saturated carbocycles. The Balaban J connectivity index is 1.41. The van der Waals surface area contributed by atoms with E-state index in [0.29, 0.717) is 10.8 Å². The highest BCUT2D eigenvalue weighted by atomic mass is 35.5. The van der Waals surface area contributed by atoms with E-state index in [2.05, 4.69) is 26.8 Å². The lowest BCUT2D eigenvalue weighted by Gasteiger charge is -2.41. The number of anilines is 2. The van der Waals surface area contributed by atoms with Gasteiger partial charge in [-0.3, -0.25) is 0 Å². The molecule has 2 atom stereocenters. The number of nitrogens with two attached hydrogens (primary N) is 2. The fraction of sp³-hybridized carbons (Fsp3) is 0.500. The maximum atomic E-state index is 6.39. The van der Waals surface area contributed by atoms with Crippen molar-refractivity contribution in [1.82, 2.24) is 15.0 Å². The largest absolute Gasteiger partial charge is 0.382 e. The first kappa shape index (κ1) is 18.7. The Kier molecular flexibility index (Phi) is 5.15. The summed E-state index contributed by atoms with van der Waals surface area (Å²) in [6.45, 7) is 4.66. The van der Waals surface area contributed by atoms with E-state index in [1.807, 2.05) is 12.3 Å². The minimum Gasteiger partial charge on any atom is -0.382 e. The van der Waals surface area contributed by atoms with Gasteiger partial charge < -0.3 is 21.1 Å². The van der Waals surface area contributed by atoms with Crippen LogP contribution in [-0.4, -0.2) is 46.8 Å². The highest BCUT2D eigenvalue weighted by Crippen LogP contribution is 2.42. The predicted octanol–water partition coefficient (Wildman–Crippen LogP) is 2.59. The number of rotatable bonds is 3. The number of ether oxygens (including phenoxy) is 1. The number of halogens is 1. The topological polar surface area (TPSA) is 103 Å². The first-order valence-electron chi connectivity index (χ1n) is 9.00. The molecule has 4 heterocycles. The molecule has 4 N–H and O–H groups in total. The van der Waals surface area contributed by atoms with Crippen LogP contribution in [0.4, 0.5) is 11.6 Å². The number of piperidine rings is 1. The summed E-state index contributed by atoms with van der Waals surface area (Å²) in [5.74, 6) is 1.20. The average Bonchev–Trinajstić information content (AvgIpc) is 2.95. The van der Waals surface area contributed by atoms with Crippen LogP contribution in [0.25, 0.3) is 0 Å². The predicted molar refractivity (Wildman–Crippen MR) is 107 cm³/mol. The van der Waals surface area contributed by atoms with Crippen molar-refractivity contribution in [3.63, 3.8) is 0 Å². The summed E-state index contributed by atoms with van der Waals surface area (Å²) in [6.07, 6.45) is 7.39. The summed E-state index contributed by atoms with van der Waals surface area (Å²) in [5.41, 5.74) is 12.2. The van der Waals surface area contributed by atoms with Crippen LogP contribution in [0.3, 0.4) is 0 Å². The minimum atomic E-state index is 0.108. The Morgan fingerprint density at radius 2 is 2.04 bits per heavy atom. The second kappa shape index (κ2) is 7.43. The Bertz CT molecular complexity index is 812. The summed E-state index contributed by atoms with van der Waals surface area (Å²) in [5, 5.41) is 1.21. The lowest BCUT2D eigenvalue weighted by atomic mass is 9.73. The Labute approximate surface area is 167 Å². The highest BCUT2D eigenvalue weighted by molar-refractivity contribution is 7.99. The Morgan fingerprint density at radius 3 is 2.67 bits per heavy atom. The van der Waals surface area contributed by atoms with Gasteiger partial charge in [-0.2, -0.15) is 0 Å². The monoisotopic (exact) mass is 406 g/mol. The van der Waals surface area contributed by atoms with Gasteiger partial charge in [-0.05, 0) is 25.8 Å². The van der Waals surface area contributed by atoms with Crippen molar-refractivity contribution in [3.8, 4) is 0 Å². The third-order valence-electron chi connectivity index (χ3n) is 5.64. The van der Waals surface area contributed by atoms with E-state index in [1.165, 1.54) is 11.8 Å². The van der Waals surface area contributed by atoms with Crippen molar-refractivity contribution in [2.45, 2.75) is 41.8 Å². The molecule has 2 fully saturated rings. The molecule has 2 aromatic heterocycles. The third-order valence-corrected chi connectivity index (χ3v) is 7.13. The van der Waals surface area contributed by atoms with Gasteiger partial charge in [-0.1, -0.05) is 23.4 Å². The van der Waals surface area contributed by atoms with Crippen molar-refractivity contribution in [2.75, 3.05) is 30.3 Å². The van der Waals surface area contributed by atoms with Gasteiger partial charge in [0.2, 0.25) is 0 Å². The van der Waals surface area contributed by atoms with E-state index in [1.54, 1.807) is 12.4 Å². The third kappa shape index (κ3) is 3.59. The molecule has 0 radical (unpaired) electrons. The fourth-order valence-electron chi connectivity index (χ4n) is 3.81. The molecular weight excluding hydrogens is 384 g/mol. The van der Waals surface area contributed by atoms with Gasteiger partial charge in [0.05, 0.1) is 30.1 Å². The summed E-state index contributed by atoms with van der Waals surface area (Å²) in [4.78, 5) is 16.2. The zero-order valence-electron chi connectivity index (χ0n) is 15.1. The highest BCUT2D eigenvalue weighted by Gasteiger charge is 2.47. The van der Waals surface area contributed by atoms with Gasteiger partial charge in [0.25, 0.3) is 0 Å². The number of hydrogen-bond acceptors (Lipinski definition) is 8. The standard InChI is InChI=1S/C18H23ClN6OS/c1-11-16(20)18(10-26-11)3-6-25(7-4-18)13-8-24-14(9-23-13)27-12-2-5-22-17(21)15(12)19/h2,5,8-9,11,16H,3-4,6-7,10,20H2,1H3,(H2,21,22)/t11-,16+/m1/s1. The molecule has 0 aliphatic carbocycles. The molecular formula is C18H23ClN6OS. The molecule has 1 spiro atoms. The summed E-state index contributed by atoms with van der Waals surface area (Å²) in [7, 11) is 0. The maximum absolute atomic E-state index is 6.39. The van der Waals surface area contributed by atoms with Crippen molar-refractivity contribution in [1.29, 1.82) is 0 Å². The SMILES string of the molecule is C[C@H]1OCC2(CCN(c3cnc(Sc4ccnc(N)c4Cl)cn3)CC2)[C@H]1N. The maximum Gasteiger partial charge on any atom is 0.147 e. The smallest absolute Gasteiger partial charge is 0.147 e. The van der Waals surface area contributed by atoms with Crippen LogP contribution in [0, 0.1) is 5.41 Å². The van der Waals surface area contributed by atoms with Gasteiger partial charge >= 0.3 is 0 Å². The molecule has 4 rings (SSSR count). The molecule has 0 unspecified atom stereocenters. The van der Waals surface area contributed by atoms with Crippen LogP contribution in [0.1, 0.15) is 19.8 Å². The molecule has 0 bridgehead atoms. The number of hydrogen-bond donors (Lipinski definition) is 2. The van der Waals surface area contributed by atoms with Gasteiger partial charge in [0.15, 0.2) is 0 Å². The Morgan fingerprint density at radius 1 is 1.26 bits per heavy atom. The molecule has 7 nitrogen and oxygen atoms in total. The van der Waals surface area contributed by atoms with Crippen molar-refractivity contribution in [3.05, 3.63) is 29.7 Å². The number of aromatic nitrogens is 3. The molecule has 2 aliphatic rings. The summed E-state index contributed by atoms with van der Waals surface area (Å²) < 4.78 is 5.79. The van der Waals surface area contributed by atoms with E-state index in [0.717, 1.165) is 48.3 Å². The van der Waals surface area contributed by atoms with E-state index in [9.17, 15) is 0 Å². The van der Waals surface area contributed by atoms with Gasteiger partial charge in [-0.15, -0.1) is 0 Å². The van der Waals surface area contributed by atoms with Crippen LogP contribution >= 0.6 is 23.4 Å². The van der Waals surface area contributed by atoms with Gasteiger partial charge in [-0.25, -0.2) is 15.0 Å². The van der Waals surface area contributed by atoms with Crippen LogP contribution in [0.2, 0.25) is 5.02 Å². The molecule has 27 heavy (non-hydrogen) atoms. The second-order valence-corrected chi connectivity index (χ2v) is 8.65. The summed E-state index contributed by atoms with van der Waals surface area (Å²) >= 11 is 7.61. The molecule has 9 heteroatoms. The fourth-order valence-corrected chi connectivity index (χ4v) is 4.80. The van der Waals surface area contributed by atoms with Crippen LogP contribution < -0.4 is 16.4 Å². The lowest BCUT2D eigenvalue weighted by molar-refractivity contribution is 0.0974. The summed E-state index contributed by atoms with van der Waals surface area (Å²) in [6, 6.07) is 1.93. The molecule has 2 saturated heterocycles. The van der Waals surface area contributed by atoms with Crippen LogP contribution in [0.5, 0.6) is 0 Å². The van der Waals surface area contributed by atoms with Gasteiger partial charge in [0, 0.05) is 35.6 Å². The zero-order chi connectivity index (χ0) is 19.0. The molecule has 0 aromatic carbocycles. The lowest BCUT2D eigenvalue weighted by Crippen LogP contribution is -2.50. The number of nitrogens with zero attached hydrogens (tertiary/aromatic N) is 4. The quantitative estimate of drug-likeness (QED) is 0.801.